The van der Waals surface area contributed by atoms with Gasteiger partial charge < -0.3 is 0 Å². The first-order valence-corrected chi connectivity index (χ1v) is 5.84. The van der Waals surface area contributed by atoms with Crippen molar-refractivity contribution in [2.75, 3.05) is 0 Å². The van der Waals surface area contributed by atoms with E-state index < -0.39 is 0 Å². The molecule has 0 aliphatic heterocycles. The van der Waals surface area contributed by atoms with Crippen molar-refractivity contribution in [1.82, 2.24) is 0 Å². The summed E-state index contributed by atoms with van der Waals surface area (Å²) in [6, 6.07) is 6.39. The predicted octanol–water partition coefficient (Wildman–Crippen LogP) is 3.37. The zero-order valence-corrected chi connectivity index (χ0v) is 11.0. The van der Waals surface area contributed by atoms with Crippen molar-refractivity contribution in [1.29, 1.82) is 0 Å². The minimum Gasteiger partial charge on any atom is -0.300 e. The summed E-state index contributed by atoms with van der Waals surface area (Å²) in [5, 5.41) is 0. The molecule has 0 bridgehead atoms. The number of halogens is 1. The number of ketones is 1. The molecule has 0 aliphatic carbocycles. The molecule has 1 aromatic carbocycles. The largest absolute Gasteiger partial charge is 0.300 e. The van der Waals surface area contributed by atoms with Crippen LogP contribution in [0.15, 0.2) is 18.2 Å². The van der Waals surface area contributed by atoms with Crippen LogP contribution in [-0.2, 0) is 11.2 Å². The van der Waals surface area contributed by atoms with Gasteiger partial charge in [0.25, 0.3) is 0 Å². The highest BCUT2D eigenvalue weighted by molar-refractivity contribution is 14.1. The summed E-state index contributed by atoms with van der Waals surface area (Å²) in [5.74, 6) is 0.397. The van der Waals surface area contributed by atoms with Crippen molar-refractivity contribution in [3.05, 3.63) is 32.9 Å². The minimum atomic E-state index is 0.133. The molecule has 0 fully saturated rings. The molecular formula is C12H15IO. The number of hydrogen-bond donors (Lipinski definition) is 0. The first-order valence-electron chi connectivity index (χ1n) is 4.76. The first-order chi connectivity index (χ1) is 6.50. The lowest BCUT2D eigenvalue weighted by atomic mass is 9.97. The lowest BCUT2D eigenvalue weighted by molar-refractivity contribution is -0.120. The molecule has 14 heavy (non-hydrogen) atoms. The normalized spacial score (nSPS) is 12.6. The van der Waals surface area contributed by atoms with Crippen molar-refractivity contribution in [2.45, 2.75) is 27.2 Å². The van der Waals surface area contributed by atoms with Gasteiger partial charge in [-0.3, -0.25) is 4.79 Å². The topological polar surface area (TPSA) is 17.1 Å². The van der Waals surface area contributed by atoms with Crippen molar-refractivity contribution in [3.63, 3.8) is 0 Å². The van der Waals surface area contributed by atoms with E-state index in [4.69, 9.17) is 0 Å². The number of carbonyl (C=O) groups excluding carboxylic acids is 1. The van der Waals surface area contributed by atoms with E-state index in [2.05, 4.69) is 47.7 Å². The third-order valence-corrected chi connectivity index (χ3v) is 3.63. The zero-order chi connectivity index (χ0) is 10.7. The number of aryl methyl sites for hydroxylation is 1. The Labute approximate surface area is 99.0 Å². The summed E-state index contributed by atoms with van der Waals surface area (Å²) in [6.07, 6.45) is 0.853. The van der Waals surface area contributed by atoms with Gasteiger partial charge in [0.05, 0.1) is 0 Å². The highest BCUT2D eigenvalue weighted by Crippen LogP contribution is 2.16. The molecule has 76 valence electrons. The predicted molar refractivity (Wildman–Crippen MR) is 67.4 cm³/mol. The highest BCUT2D eigenvalue weighted by atomic mass is 127. The molecule has 2 heteroatoms. The fraction of sp³-hybridized carbons (Fsp3) is 0.417. The highest BCUT2D eigenvalue weighted by Gasteiger charge is 2.08. The lowest BCUT2D eigenvalue weighted by Gasteiger charge is -2.08. The molecule has 0 heterocycles. The van der Waals surface area contributed by atoms with E-state index in [1.54, 1.807) is 6.92 Å². The number of benzene rings is 1. The summed E-state index contributed by atoms with van der Waals surface area (Å²) in [4.78, 5) is 11.1. The van der Waals surface area contributed by atoms with Crippen LogP contribution >= 0.6 is 22.6 Å². The Balaban J connectivity index is 2.78. The zero-order valence-electron chi connectivity index (χ0n) is 8.80. The molecule has 0 unspecified atom stereocenters. The van der Waals surface area contributed by atoms with Gasteiger partial charge in [0.1, 0.15) is 5.78 Å². The fourth-order valence-electron chi connectivity index (χ4n) is 1.26. The summed E-state index contributed by atoms with van der Waals surface area (Å²) < 4.78 is 1.27. The third-order valence-electron chi connectivity index (χ3n) is 2.47. The maximum atomic E-state index is 11.1. The maximum Gasteiger partial charge on any atom is 0.132 e. The van der Waals surface area contributed by atoms with Crippen molar-refractivity contribution in [2.24, 2.45) is 5.92 Å². The van der Waals surface area contributed by atoms with E-state index in [1.807, 2.05) is 6.92 Å². The van der Waals surface area contributed by atoms with Gasteiger partial charge >= 0.3 is 0 Å². The third kappa shape index (κ3) is 3.08. The number of hydrogen-bond acceptors (Lipinski definition) is 1. The van der Waals surface area contributed by atoms with Crippen LogP contribution in [0.5, 0.6) is 0 Å². The SMILES string of the molecule is CC(=O)[C@@H](C)Cc1ccc(C)c(I)c1. The van der Waals surface area contributed by atoms with E-state index in [0.717, 1.165) is 6.42 Å². The molecule has 0 saturated carbocycles. The average molecular weight is 302 g/mol. The van der Waals surface area contributed by atoms with Crippen molar-refractivity contribution < 1.29 is 4.79 Å². The Kier molecular flexibility index (Phi) is 4.11. The van der Waals surface area contributed by atoms with Crippen molar-refractivity contribution >= 4 is 28.4 Å². The van der Waals surface area contributed by atoms with Crippen LogP contribution < -0.4 is 0 Å². The van der Waals surface area contributed by atoms with E-state index in [9.17, 15) is 4.79 Å². The van der Waals surface area contributed by atoms with E-state index in [1.165, 1.54) is 14.7 Å². The van der Waals surface area contributed by atoms with Gasteiger partial charge in [-0.05, 0) is 60.1 Å². The number of Topliss-reactive ketones (excluding diaryl/α,β-unsaturated/α-hetero) is 1. The summed E-state index contributed by atoms with van der Waals surface area (Å²) in [5.41, 5.74) is 2.55. The fourth-order valence-corrected chi connectivity index (χ4v) is 1.84. The van der Waals surface area contributed by atoms with Gasteiger partial charge in [-0.25, -0.2) is 0 Å². The number of rotatable bonds is 3. The monoisotopic (exact) mass is 302 g/mol. The standard InChI is InChI=1S/C12H15IO/c1-8-4-5-11(7-12(8)13)6-9(2)10(3)14/h4-5,7,9H,6H2,1-3H3/t9-/m0/s1. The van der Waals surface area contributed by atoms with Crippen LogP contribution in [0.3, 0.4) is 0 Å². The van der Waals surface area contributed by atoms with E-state index >= 15 is 0 Å². The molecule has 0 N–H and O–H groups in total. The van der Waals surface area contributed by atoms with E-state index in [0.29, 0.717) is 0 Å². The second-order valence-electron chi connectivity index (χ2n) is 3.80. The van der Waals surface area contributed by atoms with E-state index in [-0.39, 0.29) is 11.7 Å². The van der Waals surface area contributed by atoms with Gasteiger partial charge in [0.2, 0.25) is 0 Å². The molecule has 0 aliphatic rings. The molecule has 0 amide bonds. The van der Waals surface area contributed by atoms with Crippen LogP contribution in [0, 0.1) is 16.4 Å². The second-order valence-corrected chi connectivity index (χ2v) is 4.96. The molecule has 0 aromatic heterocycles. The maximum absolute atomic E-state index is 11.1. The molecule has 0 saturated heterocycles. The molecular weight excluding hydrogens is 287 g/mol. The lowest BCUT2D eigenvalue weighted by Crippen LogP contribution is -2.09. The smallest absolute Gasteiger partial charge is 0.132 e. The van der Waals surface area contributed by atoms with Crippen LogP contribution in [-0.4, -0.2) is 5.78 Å². The molecule has 1 aromatic rings. The van der Waals surface area contributed by atoms with Crippen molar-refractivity contribution in [3.8, 4) is 0 Å². The van der Waals surface area contributed by atoms with Crippen LogP contribution in [0.2, 0.25) is 0 Å². The van der Waals surface area contributed by atoms with Gasteiger partial charge in [-0.15, -0.1) is 0 Å². The molecule has 1 rings (SSSR count). The Morgan fingerprint density at radius 3 is 2.64 bits per heavy atom. The number of carbonyl (C=O) groups is 1. The second kappa shape index (κ2) is 4.91. The molecule has 1 atom stereocenters. The Bertz CT molecular complexity index is 344. The molecule has 0 spiro atoms. The summed E-state index contributed by atoms with van der Waals surface area (Å²) >= 11 is 2.33. The summed E-state index contributed by atoms with van der Waals surface area (Å²) in [7, 11) is 0. The molecule has 1 nitrogen and oxygen atoms in total. The Hall–Kier alpha value is -0.380. The minimum absolute atomic E-state index is 0.133. The average Bonchev–Trinajstić information content (AvgIpc) is 2.11. The van der Waals surface area contributed by atoms with Crippen LogP contribution in [0.1, 0.15) is 25.0 Å². The van der Waals surface area contributed by atoms with Gasteiger partial charge in [0.15, 0.2) is 0 Å². The van der Waals surface area contributed by atoms with Gasteiger partial charge in [-0.1, -0.05) is 19.1 Å². The Morgan fingerprint density at radius 2 is 2.14 bits per heavy atom. The van der Waals surface area contributed by atoms with Crippen LogP contribution in [0.25, 0.3) is 0 Å². The quantitative estimate of drug-likeness (QED) is 0.782. The van der Waals surface area contributed by atoms with Gasteiger partial charge in [-0.2, -0.15) is 0 Å². The first kappa shape index (κ1) is 11.7. The van der Waals surface area contributed by atoms with Crippen LogP contribution in [0.4, 0.5) is 0 Å². The summed E-state index contributed by atoms with van der Waals surface area (Å²) in [6.45, 7) is 5.73. The Morgan fingerprint density at radius 1 is 1.50 bits per heavy atom. The molecule has 0 radical (unpaired) electrons. The van der Waals surface area contributed by atoms with Gasteiger partial charge in [0, 0.05) is 9.49 Å².